The molecule has 1 unspecified atom stereocenters. The first-order valence-corrected chi connectivity index (χ1v) is 35.9. The van der Waals surface area contributed by atoms with Crippen molar-refractivity contribution in [1.29, 1.82) is 0 Å². The lowest BCUT2D eigenvalue weighted by Crippen LogP contribution is -2.30. The van der Waals surface area contributed by atoms with Crippen molar-refractivity contribution in [3.05, 3.63) is 72.9 Å². The number of hydrogen-bond donors (Lipinski definition) is 0. The predicted molar refractivity (Wildman–Crippen MR) is 358 cm³/mol. The monoisotopic (exact) mass is 1150 g/mol. The van der Waals surface area contributed by atoms with Gasteiger partial charge in [0.05, 0.1) is 0 Å². The van der Waals surface area contributed by atoms with Gasteiger partial charge in [-0.3, -0.25) is 14.4 Å². The first-order valence-electron chi connectivity index (χ1n) is 35.9. The molecule has 0 heterocycles. The summed E-state index contributed by atoms with van der Waals surface area (Å²) < 4.78 is 17.0. The van der Waals surface area contributed by atoms with Crippen molar-refractivity contribution in [3.8, 4) is 0 Å². The SMILES string of the molecule is CC/C=C\C/C=C\C/C=C\C/C=C\C/C=C\C/C=C\CCCCCCCCCCC(=O)OCC(COC(=O)CCCCCCCCCCCCCCCC)OC(=O)CCCCCCCCCCCCCCCCCCCCCCCCC. The van der Waals surface area contributed by atoms with Crippen molar-refractivity contribution in [1.82, 2.24) is 0 Å². The Bertz CT molecular complexity index is 1500. The first-order chi connectivity index (χ1) is 40.5. The molecular weight excluding hydrogens is 1010 g/mol. The molecule has 0 aromatic rings. The van der Waals surface area contributed by atoms with Crippen LogP contribution in [0.15, 0.2) is 72.9 Å². The molecule has 6 nitrogen and oxygen atoms in total. The van der Waals surface area contributed by atoms with E-state index in [0.29, 0.717) is 19.3 Å². The zero-order chi connectivity index (χ0) is 59.2. The van der Waals surface area contributed by atoms with E-state index in [4.69, 9.17) is 14.2 Å². The molecule has 0 spiro atoms. The van der Waals surface area contributed by atoms with Gasteiger partial charge in [0.15, 0.2) is 6.10 Å². The summed E-state index contributed by atoms with van der Waals surface area (Å²) in [6, 6.07) is 0. The topological polar surface area (TPSA) is 78.9 Å². The number of carbonyl (C=O) groups excluding carboxylic acids is 3. The van der Waals surface area contributed by atoms with E-state index in [-0.39, 0.29) is 31.1 Å². The predicted octanol–water partition coefficient (Wildman–Crippen LogP) is 24.8. The average Bonchev–Trinajstić information content (AvgIpc) is 3.48. The van der Waals surface area contributed by atoms with Crippen molar-refractivity contribution in [3.63, 3.8) is 0 Å². The van der Waals surface area contributed by atoms with E-state index in [9.17, 15) is 14.4 Å². The van der Waals surface area contributed by atoms with Crippen LogP contribution >= 0.6 is 0 Å². The van der Waals surface area contributed by atoms with Crippen LogP contribution in [0.1, 0.15) is 374 Å². The molecule has 476 valence electrons. The van der Waals surface area contributed by atoms with Crippen molar-refractivity contribution in [2.45, 2.75) is 380 Å². The molecule has 0 N–H and O–H groups in total. The van der Waals surface area contributed by atoms with Crippen molar-refractivity contribution < 1.29 is 28.6 Å². The molecule has 0 radical (unpaired) electrons. The molecule has 6 heteroatoms. The zero-order valence-corrected chi connectivity index (χ0v) is 54.8. The van der Waals surface area contributed by atoms with Crippen LogP contribution < -0.4 is 0 Å². The summed E-state index contributed by atoms with van der Waals surface area (Å²) in [4.78, 5) is 38.5. The maximum absolute atomic E-state index is 13.0. The molecule has 0 aromatic carbocycles. The van der Waals surface area contributed by atoms with Crippen LogP contribution in [0.3, 0.4) is 0 Å². The van der Waals surface area contributed by atoms with Crippen LogP contribution in [-0.4, -0.2) is 37.2 Å². The number of ether oxygens (including phenoxy) is 3. The lowest BCUT2D eigenvalue weighted by Gasteiger charge is -2.18. The van der Waals surface area contributed by atoms with Gasteiger partial charge in [0.25, 0.3) is 0 Å². The fourth-order valence-corrected chi connectivity index (χ4v) is 10.6. The van der Waals surface area contributed by atoms with Gasteiger partial charge in [-0.1, -0.05) is 357 Å². The summed E-state index contributed by atoms with van der Waals surface area (Å²) in [6.07, 6.45) is 92.1. The molecule has 0 aliphatic heterocycles. The van der Waals surface area contributed by atoms with E-state index in [1.807, 2.05) is 0 Å². The number of hydrogen-bond acceptors (Lipinski definition) is 6. The molecule has 0 aliphatic carbocycles. The van der Waals surface area contributed by atoms with Crippen molar-refractivity contribution >= 4 is 17.9 Å². The molecular formula is C76H136O6. The molecule has 0 saturated carbocycles. The molecule has 0 aliphatic rings. The quantitative estimate of drug-likeness (QED) is 0.0261. The largest absolute Gasteiger partial charge is 0.462 e. The second-order valence-electron chi connectivity index (χ2n) is 24.1. The average molecular weight is 1150 g/mol. The Balaban J connectivity index is 4.29. The Kier molecular flexibility index (Phi) is 67.6. The Morgan fingerprint density at radius 2 is 0.476 bits per heavy atom. The van der Waals surface area contributed by atoms with Gasteiger partial charge < -0.3 is 14.2 Å². The van der Waals surface area contributed by atoms with Gasteiger partial charge in [-0.2, -0.15) is 0 Å². The minimum absolute atomic E-state index is 0.0722. The number of esters is 3. The van der Waals surface area contributed by atoms with E-state index < -0.39 is 6.10 Å². The maximum Gasteiger partial charge on any atom is 0.306 e. The van der Waals surface area contributed by atoms with Gasteiger partial charge >= 0.3 is 17.9 Å². The highest BCUT2D eigenvalue weighted by Gasteiger charge is 2.19. The fraction of sp³-hybridized carbons (Fsp3) is 0.803. The molecule has 0 aromatic heterocycles. The number of rotatable bonds is 66. The molecule has 0 amide bonds. The second-order valence-corrected chi connectivity index (χ2v) is 24.1. The smallest absolute Gasteiger partial charge is 0.306 e. The second kappa shape index (κ2) is 70.3. The summed E-state index contributed by atoms with van der Waals surface area (Å²) in [5.74, 6) is -0.855. The van der Waals surface area contributed by atoms with E-state index in [2.05, 4.69) is 93.7 Å². The normalized spacial score (nSPS) is 12.5. The van der Waals surface area contributed by atoms with Gasteiger partial charge in [0.1, 0.15) is 13.2 Å². The van der Waals surface area contributed by atoms with Crippen LogP contribution in [0.4, 0.5) is 0 Å². The molecule has 1 atom stereocenters. The summed E-state index contributed by atoms with van der Waals surface area (Å²) in [5, 5.41) is 0. The van der Waals surface area contributed by atoms with Gasteiger partial charge in [-0.25, -0.2) is 0 Å². The summed E-state index contributed by atoms with van der Waals surface area (Å²) in [5.41, 5.74) is 0. The van der Waals surface area contributed by atoms with Gasteiger partial charge in [-0.05, 0) is 70.6 Å². The summed E-state index contributed by atoms with van der Waals surface area (Å²) >= 11 is 0. The Labute approximate surface area is 510 Å². The minimum Gasteiger partial charge on any atom is -0.462 e. The summed E-state index contributed by atoms with van der Waals surface area (Å²) in [6.45, 7) is 6.59. The first kappa shape index (κ1) is 78.8. The third-order valence-electron chi connectivity index (χ3n) is 16.0. The number of carbonyl (C=O) groups is 3. The zero-order valence-electron chi connectivity index (χ0n) is 54.8. The third-order valence-corrected chi connectivity index (χ3v) is 16.0. The summed E-state index contributed by atoms with van der Waals surface area (Å²) in [7, 11) is 0. The van der Waals surface area contributed by atoms with Crippen LogP contribution in [0, 0.1) is 0 Å². The lowest BCUT2D eigenvalue weighted by atomic mass is 10.0. The minimum atomic E-state index is -0.777. The van der Waals surface area contributed by atoms with E-state index >= 15 is 0 Å². The van der Waals surface area contributed by atoms with Crippen LogP contribution in [0.5, 0.6) is 0 Å². The van der Waals surface area contributed by atoms with E-state index in [0.717, 1.165) is 103 Å². The standard InChI is InChI=1S/C76H136O6/c1-4-7-10-13-16-19-22-25-28-30-32-34-36-37-38-39-41-42-44-46-48-51-54-57-60-63-66-69-75(78)81-72-73(71-80-74(77)68-65-62-59-56-53-50-27-24-21-18-15-12-9-6-3)82-76(79)70-67-64-61-58-55-52-49-47-45-43-40-35-33-31-29-26-23-20-17-14-11-8-5-2/h7,10,16,19,25,28,32,34,37-38,41-42,73H,4-6,8-9,11-15,17-18,20-24,26-27,29-31,33,35-36,39-40,43-72H2,1-3H3/b10-7-,19-16-,28-25-,34-32-,38-37-,42-41-. The van der Waals surface area contributed by atoms with Gasteiger partial charge in [-0.15, -0.1) is 0 Å². The molecule has 82 heavy (non-hydrogen) atoms. The van der Waals surface area contributed by atoms with Gasteiger partial charge in [0.2, 0.25) is 0 Å². The molecule has 0 saturated heterocycles. The van der Waals surface area contributed by atoms with Crippen LogP contribution in [0.25, 0.3) is 0 Å². The lowest BCUT2D eigenvalue weighted by molar-refractivity contribution is -0.167. The highest BCUT2D eigenvalue weighted by atomic mass is 16.6. The molecule has 0 fully saturated rings. The highest BCUT2D eigenvalue weighted by molar-refractivity contribution is 5.71. The van der Waals surface area contributed by atoms with E-state index in [1.54, 1.807) is 0 Å². The van der Waals surface area contributed by atoms with Crippen LogP contribution in [-0.2, 0) is 28.6 Å². The third kappa shape index (κ3) is 67.6. The Hall–Kier alpha value is -3.15. The highest BCUT2D eigenvalue weighted by Crippen LogP contribution is 2.18. The Morgan fingerprint density at radius 1 is 0.256 bits per heavy atom. The maximum atomic E-state index is 13.0. The van der Waals surface area contributed by atoms with Crippen molar-refractivity contribution in [2.75, 3.05) is 13.2 Å². The van der Waals surface area contributed by atoms with E-state index in [1.165, 1.54) is 231 Å². The molecule has 0 bridgehead atoms. The van der Waals surface area contributed by atoms with Crippen molar-refractivity contribution in [2.24, 2.45) is 0 Å². The molecule has 0 rings (SSSR count). The van der Waals surface area contributed by atoms with Gasteiger partial charge in [0, 0.05) is 19.3 Å². The number of allylic oxidation sites excluding steroid dienone is 12. The Morgan fingerprint density at radius 3 is 0.744 bits per heavy atom. The number of unbranched alkanes of at least 4 members (excludes halogenated alkanes) is 43. The van der Waals surface area contributed by atoms with Crippen LogP contribution in [0.2, 0.25) is 0 Å². The fourth-order valence-electron chi connectivity index (χ4n) is 10.6.